The second kappa shape index (κ2) is 3.78. The molecule has 1 aliphatic heterocycles. The molecular formula is C12H21NO2. The number of nitrogens with zero attached hydrogens (tertiary/aromatic N) is 1. The Hall–Kier alpha value is -0.570. The van der Waals surface area contributed by atoms with Gasteiger partial charge in [0.1, 0.15) is 0 Å². The van der Waals surface area contributed by atoms with Gasteiger partial charge < -0.3 is 10.0 Å². The van der Waals surface area contributed by atoms with Crippen LogP contribution in [-0.2, 0) is 4.79 Å². The molecule has 3 heteroatoms. The first-order chi connectivity index (χ1) is 7.06. The third kappa shape index (κ3) is 2.17. The lowest BCUT2D eigenvalue weighted by Crippen LogP contribution is -2.64. The molecule has 2 aliphatic rings. The summed E-state index contributed by atoms with van der Waals surface area (Å²) in [6, 6.07) is 0. The van der Waals surface area contributed by atoms with E-state index >= 15 is 0 Å². The van der Waals surface area contributed by atoms with Gasteiger partial charge in [0.05, 0.1) is 18.7 Å². The van der Waals surface area contributed by atoms with Gasteiger partial charge in [0.15, 0.2) is 0 Å². The lowest BCUT2D eigenvalue weighted by molar-refractivity contribution is -0.160. The molecule has 1 saturated heterocycles. The number of rotatable bonds is 4. The lowest BCUT2D eigenvalue weighted by atomic mass is 9.88. The van der Waals surface area contributed by atoms with E-state index in [0.29, 0.717) is 19.0 Å². The topological polar surface area (TPSA) is 40.5 Å². The maximum absolute atomic E-state index is 11.9. The van der Waals surface area contributed by atoms with Crippen molar-refractivity contribution in [2.24, 2.45) is 11.8 Å². The van der Waals surface area contributed by atoms with E-state index < -0.39 is 5.60 Å². The summed E-state index contributed by atoms with van der Waals surface area (Å²) in [5.74, 6) is 1.05. The van der Waals surface area contributed by atoms with Gasteiger partial charge in [-0.25, -0.2) is 0 Å². The molecule has 1 heterocycles. The highest BCUT2D eigenvalue weighted by Gasteiger charge is 2.45. The van der Waals surface area contributed by atoms with E-state index in [1.165, 1.54) is 12.8 Å². The highest BCUT2D eigenvalue weighted by atomic mass is 16.3. The molecule has 2 fully saturated rings. The fourth-order valence-electron chi connectivity index (χ4n) is 2.53. The van der Waals surface area contributed by atoms with E-state index in [1.807, 2.05) is 11.8 Å². The Bertz CT molecular complexity index is 254. The maximum atomic E-state index is 11.9. The van der Waals surface area contributed by atoms with Crippen molar-refractivity contribution >= 4 is 5.91 Å². The number of carbonyl (C=O) groups excluding carboxylic acids is 1. The molecule has 0 aromatic heterocycles. The molecule has 15 heavy (non-hydrogen) atoms. The van der Waals surface area contributed by atoms with Crippen LogP contribution in [-0.4, -0.2) is 34.6 Å². The van der Waals surface area contributed by atoms with Crippen LogP contribution in [0.2, 0.25) is 0 Å². The summed E-state index contributed by atoms with van der Waals surface area (Å²) >= 11 is 0. The predicted octanol–water partition coefficient (Wildman–Crippen LogP) is 1.41. The minimum atomic E-state index is -0.576. The summed E-state index contributed by atoms with van der Waals surface area (Å²) in [7, 11) is 0. The Morgan fingerprint density at radius 1 is 1.53 bits per heavy atom. The summed E-state index contributed by atoms with van der Waals surface area (Å²) < 4.78 is 0. The van der Waals surface area contributed by atoms with Crippen molar-refractivity contribution in [1.29, 1.82) is 0 Å². The van der Waals surface area contributed by atoms with Crippen LogP contribution in [0.3, 0.4) is 0 Å². The molecule has 1 amide bonds. The quantitative estimate of drug-likeness (QED) is 0.763. The summed E-state index contributed by atoms with van der Waals surface area (Å²) in [5.41, 5.74) is -0.576. The number of carbonyl (C=O) groups is 1. The van der Waals surface area contributed by atoms with Crippen molar-refractivity contribution < 1.29 is 9.90 Å². The van der Waals surface area contributed by atoms with Crippen molar-refractivity contribution in [3.63, 3.8) is 0 Å². The standard InChI is InChI=1S/C12H21NO2/c1-3-6-12(15)7-13(8-12)11(14)9(2)10-4-5-10/h9-10,15H,3-8H2,1-2H3. The normalized spacial score (nSPS) is 25.9. The van der Waals surface area contributed by atoms with Crippen molar-refractivity contribution in [2.45, 2.75) is 45.1 Å². The van der Waals surface area contributed by atoms with Gasteiger partial charge in [0, 0.05) is 5.92 Å². The third-order valence-electron chi connectivity index (χ3n) is 3.72. The van der Waals surface area contributed by atoms with Gasteiger partial charge in [-0.2, -0.15) is 0 Å². The largest absolute Gasteiger partial charge is 0.386 e. The molecule has 1 unspecified atom stereocenters. The third-order valence-corrected chi connectivity index (χ3v) is 3.72. The highest BCUT2D eigenvalue weighted by molar-refractivity contribution is 5.80. The first kappa shape index (κ1) is 10.9. The van der Waals surface area contributed by atoms with E-state index in [2.05, 4.69) is 6.92 Å². The molecule has 0 radical (unpaired) electrons. The first-order valence-corrected chi connectivity index (χ1v) is 6.07. The van der Waals surface area contributed by atoms with Crippen molar-refractivity contribution in [3.8, 4) is 0 Å². The molecule has 86 valence electrons. The molecule has 0 spiro atoms. The number of amides is 1. The second-order valence-corrected chi connectivity index (χ2v) is 5.29. The molecule has 0 aromatic carbocycles. The summed E-state index contributed by atoms with van der Waals surface area (Å²) in [5, 5.41) is 9.97. The van der Waals surface area contributed by atoms with Crippen LogP contribution in [0.15, 0.2) is 0 Å². The number of aliphatic hydroxyl groups is 1. The SMILES string of the molecule is CCCC1(O)CN(C(=O)C(C)C2CC2)C1. The number of hydrogen-bond acceptors (Lipinski definition) is 2. The molecule has 1 N–H and O–H groups in total. The molecule has 0 bridgehead atoms. The second-order valence-electron chi connectivity index (χ2n) is 5.29. The summed E-state index contributed by atoms with van der Waals surface area (Å²) in [4.78, 5) is 13.7. The number of β-amino-alcohol motifs (C(OH)–C–C–N with tert-alkyl or cyclic N) is 1. The molecule has 2 rings (SSSR count). The number of hydrogen-bond donors (Lipinski definition) is 1. The van der Waals surface area contributed by atoms with Gasteiger partial charge >= 0.3 is 0 Å². The Kier molecular flexibility index (Phi) is 2.75. The molecule has 1 saturated carbocycles. The summed E-state index contributed by atoms with van der Waals surface area (Å²) in [6.45, 7) is 5.19. The zero-order valence-electron chi connectivity index (χ0n) is 9.70. The Labute approximate surface area is 91.5 Å². The Morgan fingerprint density at radius 2 is 2.13 bits per heavy atom. The van der Waals surface area contributed by atoms with Crippen LogP contribution >= 0.6 is 0 Å². The van der Waals surface area contributed by atoms with Crippen LogP contribution < -0.4 is 0 Å². The fourth-order valence-corrected chi connectivity index (χ4v) is 2.53. The van der Waals surface area contributed by atoms with Gasteiger partial charge in [0.25, 0.3) is 0 Å². The van der Waals surface area contributed by atoms with Crippen LogP contribution in [0.1, 0.15) is 39.5 Å². The summed E-state index contributed by atoms with van der Waals surface area (Å²) in [6.07, 6.45) is 4.21. The number of likely N-dealkylation sites (tertiary alicyclic amines) is 1. The van der Waals surface area contributed by atoms with Gasteiger partial charge in [-0.1, -0.05) is 20.3 Å². The fraction of sp³-hybridized carbons (Fsp3) is 0.917. The van der Waals surface area contributed by atoms with Crippen molar-refractivity contribution in [1.82, 2.24) is 4.90 Å². The first-order valence-electron chi connectivity index (χ1n) is 6.07. The zero-order valence-corrected chi connectivity index (χ0v) is 9.70. The Morgan fingerprint density at radius 3 is 2.60 bits per heavy atom. The molecule has 1 atom stereocenters. The van der Waals surface area contributed by atoms with Crippen LogP contribution in [0.4, 0.5) is 0 Å². The van der Waals surface area contributed by atoms with Crippen LogP contribution in [0.5, 0.6) is 0 Å². The molecular weight excluding hydrogens is 190 g/mol. The molecule has 0 aromatic rings. The monoisotopic (exact) mass is 211 g/mol. The highest BCUT2D eigenvalue weighted by Crippen LogP contribution is 2.39. The van der Waals surface area contributed by atoms with Crippen molar-refractivity contribution in [2.75, 3.05) is 13.1 Å². The van der Waals surface area contributed by atoms with E-state index in [4.69, 9.17) is 0 Å². The molecule has 1 aliphatic carbocycles. The predicted molar refractivity (Wildman–Crippen MR) is 58.3 cm³/mol. The van der Waals surface area contributed by atoms with Gasteiger partial charge in [-0.05, 0) is 25.2 Å². The van der Waals surface area contributed by atoms with Gasteiger partial charge in [-0.15, -0.1) is 0 Å². The lowest BCUT2D eigenvalue weighted by Gasteiger charge is -2.47. The average molecular weight is 211 g/mol. The minimum absolute atomic E-state index is 0.177. The zero-order chi connectivity index (χ0) is 11.1. The maximum Gasteiger partial charge on any atom is 0.225 e. The minimum Gasteiger partial charge on any atom is -0.386 e. The van der Waals surface area contributed by atoms with E-state index in [-0.39, 0.29) is 11.8 Å². The van der Waals surface area contributed by atoms with E-state index in [1.54, 1.807) is 0 Å². The smallest absolute Gasteiger partial charge is 0.225 e. The van der Waals surface area contributed by atoms with E-state index in [0.717, 1.165) is 12.8 Å². The van der Waals surface area contributed by atoms with Crippen LogP contribution in [0, 0.1) is 11.8 Å². The van der Waals surface area contributed by atoms with Crippen LogP contribution in [0.25, 0.3) is 0 Å². The molecule has 3 nitrogen and oxygen atoms in total. The van der Waals surface area contributed by atoms with E-state index in [9.17, 15) is 9.90 Å². The van der Waals surface area contributed by atoms with Crippen molar-refractivity contribution in [3.05, 3.63) is 0 Å². The average Bonchev–Trinajstić information content (AvgIpc) is 2.95. The Balaban J connectivity index is 1.80. The van der Waals surface area contributed by atoms with Gasteiger partial charge in [0.2, 0.25) is 5.91 Å². The van der Waals surface area contributed by atoms with Gasteiger partial charge in [-0.3, -0.25) is 4.79 Å².